The molecule has 1 aliphatic carbocycles. The second-order valence-electron chi connectivity index (χ2n) is 6.15. The third kappa shape index (κ3) is 2.73. The minimum Gasteiger partial charge on any atom is -0.385 e. The van der Waals surface area contributed by atoms with E-state index in [9.17, 15) is 9.50 Å². The third-order valence-corrected chi connectivity index (χ3v) is 4.62. The average Bonchev–Trinajstić information content (AvgIpc) is 2.47. The summed E-state index contributed by atoms with van der Waals surface area (Å²) in [7, 11) is 0. The van der Waals surface area contributed by atoms with Crippen molar-refractivity contribution in [3.8, 4) is 0 Å². The van der Waals surface area contributed by atoms with Crippen LogP contribution in [0.3, 0.4) is 0 Å². The summed E-state index contributed by atoms with van der Waals surface area (Å²) in [6.07, 6.45) is 3.72. The molecule has 2 heteroatoms. The molecule has 110 valence electrons. The molecule has 1 saturated carbocycles. The summed E-state index contributed by atoms with van der Waals surface area (Å²) in [5, 5.41) is 11.3. The fraction of sp³-hybridized carbons (Fsp3) is 0.368. The number of halogens is 1. The minimum absolute atomic E-state index is 0.0358. The predicted molar refractivity (Wildman–Crippen MR) is 82.7 cm³/mol. The Morgan fingerprint density at radius 1 is 1.10 bits per heavy atom. The van der Waals surface area contributed by atoms with Crippen molar-refractivity contribution in [3.63, 3.8) is 0 Å². The van der Waals surface area contributed by atoms with Crippen LogP contribution < -0.4 is 0 Å². The van der Waals surface area contributed by atoms with Gasteiger partial charge in [0.1, 0.15) is 5.82 Å². The molecule has 2 aromatic carbocycles. The maximum atomic E-state index is 13.8. The Balaban J connectivity index is 2.06. The molecule has 0 aromatic heterocycles. The number of hydrogen-bond donors (Lipinski definition) is 1. The zero-order valence-corrected chi connectivity index (χ0v) is 12.3. The van der Waals surface area contributed by atoms with E-state index in [2.05, 4.69) is 12.1 Å². The standard InChI is InChI=1S/C19H21FO/c1-14-11-16(13-17(20)12-14)19(21)10-6-5-9-18(19)15-7-3-2-4-8-15/h2-4,7-8,11-13,18,21H,5-6,9-10H2,1H3. The van der Waals surface area contributed by atoms with E-state index >= 15 is 0 Å². The molecule has 0 bridgehead atoms. The van der Waals surface area contributed by atoms with E-state index in [0.29, 0.717) is 12.0 Å². The van der Waals surface area contributed by atoms with Crippen LogP contribution >= 0.6 is 0 Å². The molecule has 0 spiro atoms. The zero-order chi connectivity index (χ0) is 14.9. The van der Waals surface area contributed by atoms with Crippen molar-refractivity contribution < 1.29 is 9.50 Å². The lowest BCUT2D eigenvalue weighted by atomic mass is 9.68. The number of aliphatic hydroxyl groups is 1. The van der Waals surface area contributed by atoms with Crippen LogP contribution in [0.5, 0.6) is 0 Å². The summed E-state index contributed by atoms with van der Waals surface area (Å²) in [4.78, 5) is 0. The van der Waals surface area contributed by atoms with Crippen molar-refractivity contribution in [2.75, 3.05) is 0 Å². The van der Waals surface area contributed by atoms with Crippen LogP contribution in [0.25, 0.3) is 0 Å². The van der Waals surface area contributed by atoms with Crippen molar-refractivity contribution in [2.45, 2.75) is 44.1 Å². The van der Waals surface area contributed by atoms with Gasteiger partial charge in [0, 0.05) is 5.92 Å². The van der Waals surface area contributed by atoms with Gasteiger partial charge >= 0.3 is 0 Å². The monoisotopic (exact) mass is 284 g/mol. The summed E-state index contributed by atoms with van der Waals surface area (Å²) in [5.74, 6) is -0.232. The lowest BCUT2D eigenvalue weighted by Crippen LogP contribution is -2.36. The minimum atomic E-state index is -0.966. The molecule has 2 atom stereocenters. The van der Waals surface area contributed by atoms with E-state index in [1.54, 1.807) is 0 Å². The third-order valence-electron chi connectivity index (χ3n) is 4.62. The van der Waals surface area contributed by atoms with Gasteiger partial charge < -0.3 is 5.11 Å². The van der Waals surface area contributed by atoms with Crippen molar-refractivity contribution in [3.05, 3.63) is 71.0 Å². The van der Waals surface area contributed by atoms with E-state index in [1.165, 1.54) is 12.1 Å². The molecule has 0 aliphatic heterocycles. The molecule has 0 radical (unpaired) electrons. The van der Waals surface area contributed by atoms with Gasteiger partial charge in [-0.15, -0.1) is 0 Å². The lowest BCUT2D eigenvalue weighted by Gasteiger charge is -2.41. The number of rotatable bonds is 2. The molecule has 1 aliphatic rings. The number of benzene rings is 2. The van der Waals surface area contributed by atoms with Gasteiger partial charge in [0.2, 0.25) is 0 Å². The van der Waals surface area contributed by atoms with Crippen LogP contribution in [-0.4, -0.2) is 5.11 Å². The fourth-order valence-corrected chi connectivity index (χ4v) is 3.62. The van der Waals surface area contributed by atoms with Gasteiger partial charge in [0.15, 0.2) is 0 Å². The van der Waals surface area contributed by atoms with Crippen LogP contribution in [0.4, 0.5) is 4.39 Å². The molecule has 0 heterocycles. The molecule has 1 fully saturated rings. The molecular formula is C19H21FO. The molecule has 2 unspecified atom stereocenters. The first-order valence-electron chi connectivity index (χ1n) is 7.64. The Morgan fingerprint density at radius 2 is 1.86 bits per heavy atom. The Kier molecular flexibility index (Phi) is 3.81. The van der Waals surface area contributed by atoms with Crippen LogP contribution in [0.2, 0.25) is 0 Å². The second kappa shape index (κ2) is 5.61. The topological polar surface area (TPSA) is 20.2 Å². The van der Waals surface area contributed by atoms with Crippen LogP contribution in [0.15, 0.2) is 48.5 Å². The van der Waals surface area contributed by atoms with Gasteiger partial charge in [0.25, 0.3) is 0 Å². The highest BCUT2D eigenvalue weighted by Crippen LogP contribution is 2.47. The summed E-state index contributed by atoms with van der Waals surface area (Å²) in [5.41, 5.74) is 1.75. The fourth-order valence-electron chi connectivity index (χ4n) is 3.62. The Bertz CT molecular complexity index is 602. The van der Waals surface area contributed by atoms with Crippen molar-refractivity contribution in [1.82, 2.24) is 0 Å². The van der Waals surface area contributed by atoms with E-state index in [0.717, 1.165) is 30.4 Å². The summed E-state index contributed by atoms with van der Waals surface area (Å²) in [6, 6.07) is 15.0. The van der Waals surface area contributed by atoms with Gasteiger partial charge in [0.05, 0.1) is 5.60 Å². The van der Waals surface area contributed by atoms with E-state index < -0.39 is 5.60 Å². The normalized spacial score (nSPS) is 25.8. The summed E-state index contributed by atoms with van der Waals surface area (Å²) in [6.45, 7) is 1.87. The van der Waals surface area contributed by atoms with E-state index in [1.807, 2.05) is 31.2 Å². The van der Waals surface area contributed by atoms with Gasteiger partial charge in [-0.2, -0.15) is 0 Å². The maximum Gasteiger partial charge on any atom is 0.123 e. The first-order chi connectivity index (χ1) is 10.1. The SMILES string of the molecule is Cc1cc(F)cc(C2(O)CCCCC2c2ccccc2)c1. The number of aryl methyl sites for hydroxylation is 1. The maximum absolute atomic E-state index is 13.8. The van der Waals surface area contributed by atoms with E-state index in [-0.39, 0.29) is 11.7 Å². The first-order valence-corrected chi connectivity index (χ1v) is 7.64. The highest BCUT2D eigenvalue weighted by molar-refractivity contribution is 5.34. The number of hydrogen-bond acceptors (Lipinski definition) is 1. The Labute approximate surface area is 125 Å². The quantitative estimate of drug-likeness (QED) is 0.849. The second-order valence-corrected chi connectivity index (χ2v) is 6.15. The van der Waals surface area contributed by atoms with Crippen LogP contribution in [-0.2, 0) is 5.60 Å². The van der Waals surface area contributed by atoms with Gasteiger partial charge in [-0.25, -0.2) is 4.39 Å². The molecular weight excluding hydrogens is 263 g/mol. The highest BCUT2D eigenvalue weighted by atomic mass is 19.1. The van der Waals surface area contributed by atoms with Crippen LogP contribution in [0, 0.1) is 12.7 Å². The molecule has 1 N–H and O–H groups in total. The highest BCUT2D eigenvalue weighted by Gasteiger charge is 2.41. The zero-order valence-electron chi connectivity index (χ0n) is 12.3. The molecule has 0 saturated heterocycles. The summed E-state index contributed by atoms with van der Waals surface area (Å²) >= 11 is 0. The van der Waals surface area contributed by atoms with Crippen molar-refractivity contribution >= 4 is 0 Å². The largest absolute Gasteiger partial charge is 0.385 e. The summed E-state index contributed by atoms with van der Waals surface area (Å²) < 4.78 is 13.8. The van der Waals surface area contributed by atoms with Gasteiger partial charge in [-0.3, -0.25) is 0 Å². The van der Waals surface area contributed by atoms with E-state index in [4.69, 9.17) is 0 Å². The Hall–Kier alpha value is -1.67. The molecule has 2 aromatic rings. The van der Waals surface area contributed by atoms with Crippen molar-refractivity contribution in [1.29, 1.82) is 0 Å². The Morgan fingerprint density at radius 3 is 2.57 bits per heavy atom. The van der Waals surface area contributed by atoms with Gasteiger partial charge in [-0.05, 0) is 48.6 Å². The molecule has 0 amide bonds. The molecule has 1 nitrogen and oxygen atoms in total. The first kappa shape index (κ1) is 14.3. The van der Waals surface area contributed by atoms with Gasteiger partial charge in [-0.1, -0.05) is 49.2 Å². The van der Waals surface area contributed by atoms with Crippen molar-refractivity contribution in [2.24, 2.45) is 0 Å². The molecule has 3 rings (SSSR count). The van der Waals surface area contributed by atoms with Crippen LogP contribution in [0.1, 0.15) is 48.3 Å². The predicted octanol–water partition coefficient (Wildman–Crippen LogP) is 4.68. The smallest absolute Gasteiger partial charge is 0.123 e. The average molecular weight is 284 g/mol. The molecule has 21 heavy (non-hydrogen) atoms. The lowest BCUT2D eigenvalue weighted by molar-refractivity contribution is -0.0227.